The number of halogens is 1. The third-order valence-electron chi connectivity index (χ3n) is 1.44. The van der Waals surface area contributed by atoms with Crippen LogP contribution in [0.1, 0.15) is 12.8 Å². The molecule has 0 N–H and O–H groups in total. The molecule has 0 saturated carbocycles. The van der Waals surface area contributed by atoms with E-state index in [-0.39, 0.29) is 11.7 Å². The van der Waals surface area contributed by atoms with Crippen molar-refractivity contribution in [3.63, 3.8) is 0 Å². The summed E-state index contributed by atoms with van der Waals surface area (Å²) in [6.07, 6.45) is 2.43. The van der Waals surface area contributed by atoms with Crippen molar-refractivity contribution in [1.82, 2.24) is 0 Å². The molecule has 0 aromatic rings. The molecule has 70 valence electrons. The van der Waals surface area contributed by atoms with E-state index in [1.807, 2.05) is 0 Å². The van der Waals surface area contributed by atoms with E-state index in [0.29, 0.717) is 18.2 Å². The molecule has 0 aliphatic heterocycles. The van der Waals surface area contributed by atoms with Crippen molar-refractivity contribution in [2.24, 2.45) is 5.92 Å². The number of nitriles is 1. The van der Waals surface area contributed by atoms with Gasteiger partial charge < -0.3 is 0 Å². The maximum atomic E-state index is 10.7. The minimum Gasteiger partial charge on any atom is -0.229 e. The predicted octanol–water partition coefficient (Wildman–Crippen LogP) is 1.35. The first-order valence-electron chi connectivity index (χ1n) is 3.63. The first kappa shape index (κ1) is 11.9. The lowest BCUT2D eigenvalue weighted by atomic mass is 10.1. The van der Waals surface area contributed by atoms with E-state index in [0.717, 1.165) is 0 Å². The van der Waals surface area contributed by atoms with Crippen LogP contribution in [0.15, 0.2) is 0 Å². The SMILES string of the molecule is CS(=O)(=O)CCCC(C#N)CBr. The van der Waals surface area contributed by atoms with Gasteiger partial charge >= 0.3 is 0 Å². The lowest BCUT2D eigenvalue weighted by Crippen LogP contribution is -2.06. The van der Waals surface area contributed by atoms with E-state index in [9.17, 15) is 8.42 Å². The van der Waals surface area contributed by atoms with Crippen molar-refractivity contribution >= 4 is 25.8 Å². The van der Waals surface area contributed by atoms with Crippen LogP contribution < -0.4 is 0 Å². The summed E-state index contributed by atoms with van der Waals surface area (Å²) in [6.45, 7) is 0. The number of alkyl halides is 1. The van der Waals surface area contributed by atoms with Crippen molar-refractivity contribution in [1.29, 1.82) is 5.26 Å². The Labute approximate surface area is 81.8 Å². The molecule has 0 bridgehead atoms. The molecule has 12 heavy (non-hydrogen) atoms. The Balaban J connectivity index is 3.64. The maximum absolute atomic E-state index is 10.7. The molecule has 0 fully saturated rings. The Morgan fingerprint density at radius 3 is 2.50 bits per heavy atom. The van der Waals surface area contributed by atoms with Gasteiger partial charge in [-0.3, -0.25) is 0 Å². The predicted molar refractivity (Wildman–Crippen MR) is 51.8 cm³/mol. The fourth-order valence-electron chi connectivity index (χ4n) is 0.768. The van der Waals surface area contributed by atoms with Crippen LogP contribution in [0, 0.1) is 17.2 Å². The molecule has 3 nitrogen and oxygen atoms in total. The monoisotopic (exact) mass is 253 g/mol. The number of rotatable bonds is 5. The summed E-state index contributed by atoms with van der Waals surface area (Å²) in [4.78, 5) is 0. The Bertz CT molecular complexity index is 255. The van der Waals surface area contributed by atoms with Gasteiger partial charge in [-0.25, -0.2) is 8.42 Å². The summed E-state index contributed by atoms with van der Waals surface area (Å²) in [7, 11) is -2.86. The van der Waals surface area contributed by atoms with E-state index in [1.54, 1.807) is 0 Å². The van der Waals surface area contributed by atoms with Gasteiger partial charge in [-0.05, 0) is 12.8 Å². The molecule has 0 spiro atoms. The molecule has 0 saturated heterocycles. The molecule has 0 aliphatic carbocycles. The third kappa shape index (κ3) is 6.62. The molecule has 0 radical (unpaired) electrons. The number of nitrogens with zero attached hydrogens (tertiary/aromatic N) is 1. The van der Waals surface area contributed by atoms with Crippen molar-refractivity contribution in [2.75, 3.05) is 17.3 Å². The molecule has 1 atom stereocenters. The summed E-state index contributed by atoms with van der Waals surface area (Å²) >= 11 is 3.18. The van der Waals surface area contributed by atoms with Gasteiger partial charge in [-0.1, -0.05) is 15.9 Å². The molecular weight excluding hydrogens is 242 g/mol. The molecule has 0 aromatic heterocycles. The van der Waals surface area contributed by atoms with E-state index in [4.69, 9.17) is 5.26 Å². The molecule has 0 aliphatic rings. The Kier molecular flexibility index (Phi) is 5.51. The second kappa shape index (κ2) is 5.55. The maximum Gasteiger partial charge on any atom is 0.147 e. The van der Waals surface area contributed by atoms with Crippen molar-refractivity contribution in [3.05, 3.63) is 0 Å². The first-order chi connectivity index (χ1) is 5.49. The average molecular weight is 254 g/mol. The van der Waals surface area contributed by atoms with E-state index in [1.165, 1.54) is 6.26 Å². The van der Waals surface area contributed by atoms with Gasteiger partial charge in [0.2, 0.25) is 0 Å². The zero-order valence-corrected chi connectivity index (χ0v) is 9.36. The standard InChI is InChI=1S/C7H12BrNO2S/c1-12(10,11)4-2-3-7(5-8)6-9/h7H,2-5H2,1H3. The molecule has 0 heterocycles. The second-order valence-corrected chi connectivity index (χ2v) is 5.66. The highest BCUT2D eigenvalue weighted by Crippen LogP contribution is 2.09. The summed E-state index contributed by atoms with van der Waals surface area (Å²) in [5, 5.41) is 9.14. The van der Waals surface area contributed by atoms with Gasteiger partial charge in [-0.15, -0.1) is 0 Å². The average Bonchev–Trinajstić information content (AvgIpc) is 1.96. The summed E-state index contributed by atoms with van der Waals surface area (Å²) in [6, 6.07) is 2.10. The normalized spacial score (nSPS) is 13.8. The fourth-order valence-corrected chi connectivity index (χ4v) is 1.93. The number of hydrogen-bond acceptors (Lipinski definition) is 3. The van der Waals surface area contributed by atoms with Crippen LogP contribution in [0.3, 0.4) is 0 Å². The van der Waals surface area contributed by atoms with Crippen molar-refractivity contribution < 1.29 is 8.42 Å². The highest BCUT2D eigenvalue weighted by molar-refractivity contribution is 9.09. The highest BCUT2D eigenvalue weighted by Gasteiger charge is 2.07. The first-order valence-corrected chi connectivity index (χ1v) is 6.81. The van der Waals surface area contributed by atoms with Gasteiger partial charge in [-0.2, -0.15) is 5.26 Å². The highest BCUT2D eigenvalue weighted by atomic mass is 79.9. The van der Waals surface area contributed by atoms with E-state index < -0.39 is 9.84 Å². The van der Waals surface area contributed by atoms with Crippen LogP contribution in [-0.4, -0.2) is 25.8 Å². The molecule has 0 amide bonds. The lowest BCUT2D eigenvalue weighted by molar-refractivity contribution is 0.590. The lowest BCUT2D eigenvalue weighted by Gasteiger charge is -2.02. The fraction of sp³-hybridized carbons (Fsp3) is 0.857. The number of sulfone groups is 1. The Hall–Kier alpha value is -0.0800. The zero-order chi connectivity index (χ0) is 9.61. The minimum absolute atomic E-state index is 0.0632. The van der Waals surface area contributed by atoms with Gasteiger partial charge in [0.1, 0.15) is 9.84 Å². The molecule has 0 aromatic carbocycles. The summed E-state index contributed by atoms with van der Waals surface area (Å²) in [5.41, 5.74) is 0. The third-order valence-corrected chi connectivity index (χ3v) is 3.25. The quantitative estimate of drug-likeness (QED) is 0.696. The van der Waals surface area contributed by atoms with Crippen LogP contribution in [0.2, 0.25) is 0 Å². The van der Waals surface area contributed by atoms with Crippen LogP contribution >= 0.6 is 15.9 Å². The molecule has 1 unspecified atom stereocenters. The van der Waals surface area contributed by atoms with Gasteiger partial charge in [0.15, 0.2) is 0 Å². The van der Waals surface area contributed by atoms with Gasteiger partial charge in [0.05, 0.1) is 12.0 Å². The van der Waals surface area contributed by atoms with Crippen LogP contribution in [-0.2, 0) is 9.84 Å². The number of hydrogen-bond donors (Lipinski definition) is 0. The van der Waals surface area contributed by atoms with Gasteiger partial charge in [0, 0.05) is 17.3 Å². The smallest absolute Gasteiger partial charge is 0.147 e. The topological polar surface area (TPSA) is 57.9 Å². The molecule has 5 heteroatoms. The van der Waals surface area contributed by atoms with E-state index >= 15 is 0 Å². The molecular formula is C7H12BrNO2S. The largest absolute Gasteiger partial charge is 0.229 e. The van der Waals surface area contributed by atoms with E-state index in [2.05, 4.69) is 22.0 Å². The van der Waals surface area contributed by atoms with Gasteiger partial charge in [0.25, 0.3) is 0 Å². The van der Waals surface area contributed by atoms with Crippen LogP contribution in [0.5, 0.6) is 0 Å². The van der Waals surface area contributed by atoms with Crippen LogP contribution in [0.25, 0.3) is 0 Å². The Morgan fingerprint density at radius 2 is 2.17 bits per heavy atom. The Morgan fingerprint density at radius 1 is 1.58 bits per heavy atom. The summed E-state index contributed by atoms with van der Waals surface area (Å²) < 4.78 is 21.4. The summed E-state index contributed by atoms with van der Waals surface area (Å²) in [5.74, 6) is 0.116. The molecule has 0 rings (SSSR count). The van der Waals surface area contributed by atoms with Crippen molar-refractivity contribution in [2.45, 2.75) is 12.8 Å². The minimum atomic E-state index is -2.86. The van der Waals surface area contributed by atoms with Crippen molar-refractivity contribution in [3.8, 4) is 6.07 Å². The van der Waals surface area contributed by atoms with Crippen LogP contribution in [0.4, 0.5) is 0 Å². The zero-order valence-electron chi connectivity index (χ0n) is 6.96. The second-order valence-electron chi connectivity index (χ2n) is 2.75.